The molecule has 0 bridgehead atoms. The van der Waals surface area contributed by atoms with Crippen LogP contribution in [0.3, 0.4) is 0 Å². The van der Waals surface area contributed by atoms with Gasteiger partial charge < -0.3 is 15.0 Å². The van der Waals surface area contributed by atoms with Crippen LogP contribution in [0.5, 0.6) is 5.75 Å². The van der Waals surface area contributed by atoms with Crippen molar-refractivity contribution in [3.8, 4) is 5.75 Å². The maximum Gasteiger partial charge on any atom is 0.134 e. The van der Waals surface area contributed by atoms with Gasteiger partial charge in [-0.3, -0.25) is 0 Å². The fourth-order valence-electron chi connectivity index (χ4n) is 2.94. The summed E-state index contributed by atoms with van der Waals surface area (Å²) in [6.07, 6.45) is 2.52. The molecule has 0 aliphatic heterocycles. The highest BCUT2D eigenvalue weighted by Gasteiger charge is 2.08. The number of hydrogen-bond acceptors (Lipinski definition) is 5. The second kappa shape index (κ2) is 9.57. The van der Waals surface area contributed by atoms with E-state index in [-0.39, 0.29) is 0 Å². The number of ether oxygens (including phenoxy) is 1. The normalized spacial score (nSPS) is 10.4. The summed E-state index contributed by atoms with van der Waals surface area (Å²) in [4.78, 5) is 11.0. The second-order valence-electron chi connectivity index (χ2n) is 6.29. The zero-order chi connectivity index (χ0) is 18.9. The zero-order valence-electron chi connectivity index (χ0n) is 15.9. The summed E-state index contributed by atoms with van der Waals surface area (Å²) < 4.78 is 5.28. The molecule has 1 heterocycles. The molecule has 3 rings (SSSR count). The molecule has 5 nitrogen and oxygen atoms in total. The molecule has 5 heteroatoms. The molecule has 1 N–H and O–H groups in total. The summed E-state index contributed by atoms with van der Waals surface area (Å²) in [5.41, 5.74) is 2.50. The van der Waals surface area contributed by atoms with E-state index in [2.05, 4.69) is 63.5 Å². The van der Waals surface area contributed by atoms with E-state index in [0.717, 1.165) is 43.4 Å². The molecule has 0 saturated heterocycles. The molecule has 0 spiro atoms. The third kappa shape index (κ3) is 5.45. The van der Waals surface area contributed by atoms with Crippen LogP contribution in [0.4, 0.5) is 11.6 Å². The minimum Gasteiger partial charge on any atom is -0.497 e. The van der Waals surface area contributed by atoms with Gasteiger partial charge in [0, 0.05) is 25.7 Å². The van der Waals surface area contributed by atoms with E-state index in [1.165, 1.54) is 11.1 Å². The van der Waals surface area contributed by atoms with Crippen LogP contribution in [0.15, 0.2) is 67.0 Å². The molecule has 0 atom stereocenters. The predicted molar refractivity (Wildman–Crippen MR) is 110 cm³/mol. The molecule has 0 aliphatic carbocycles. The smallest absolute Gasteiger partial charge is 0.134 e. The summed E-state index contributed by atoms with van der Waals surface area (Å²) in [7, 11) is 1.69. The van der Waals surface area contributed by atoms with Crippen LogP contribution in [-0.4, -0.2) is 30.2 Å². The van der Waals surface area contributed by atoms with Gasteiger partial charge in [0.1, 0.15) is 23.7 Å². The van der Waals surface area contributed by atoms with Crippen molar-refractivity contribution in [2.75, 3.05) is 30.4 Å². The van der Waals surface area contributed by atoms with Crippen LogP contribution in [0.25, 0.3) is 0 Å². The van der Waals surface area contributed by atoms with Crippen LogP contribution in [0, 0.1) is 0 Å². The quantitative estimate of drug-likeness (QED) is 0.619. The molecule has 0 radical (unpaired) electrons. The molecule has 140 valence electrons. The van der Waals surface area contributed by atoms with Crippen LogP contribution in [0.1, 0.15) is 18.1 Å². The van der Waals surface area contributed by atoms with E-state index in [4.69, 9.17) is 4.74 Å². The average molecular weight is 362 g/mol. The largest absolute Gasteiger partial charge is 0.497 e. The van der Waals surface area contributed by atoms with Crippen molar-refractivity contribution in [3.63, 3.8) is 0 Å². The van der Waals surface area contributed by atoms with Gasteiger partial charge in [0.15, 0.2) is 0 Å². The van der Waals surface area contributed by atoms with Gasteiger partial charge in [-0.25, -0.2) is 9.97 Å². The number of nitrogens with one attached hydrogen (secondary N) is 1. The van der Waals surface area contributed by atoms with E-state index < -0.39 is 0 Å². The summed E-state index contributed by atoms with van der Waals surface area (Å²) in [6.45, 7) is 4.65. The number of methoxy groups -OCH3 is 1. The molecule has 0 unspecified atom stereocenters. The van der Waals surface area contributed by atoms with Crippen LogP contribution < -0.4 is 15.0 Å². The van der Waals surface area contributed by atoms with Crippen LogP contribution >= 0.6 is 0 Å². The third-order valence-electron chi connectivity index (χ3n) is 4.43. The fraction of sp³-hybridized carbons (Fsp3) is 0.273. The van der Waals surface area contributed by atoms with Gasteiger partial charge in [-0.05, 0) is 36.6 Å². The van der Waals surface area contributed by atoms with Crippen molar-refractivity contribution in [1.82, 2.24) is 9.97 Å². The number of anilines is 2. The second-order valence-corrected chi connectivity index (χ2v) is 6.29. The first-order chi connectivity index (χ1) is 13.3. The molecule has 3 aromatic rings. The average Bonchev–Trinajstić information content (AvgIpc) is 2.73. The van der Waals surface area contributed by atoms with E-state index in [9.17, 15) is 0 Å². The van der Waals surface area contributed by atoms with Crippen LogP contribution in [0.2, 0.25) is 0 Å². The highest BCUT2D eigenvalue weighted by molar-refractivity contribution is 5.49. The van der Waals surface area contributed by atoms with E-state index >= 15 is 0 Å². The van der Waals surface area contributed by atoms with E-state index in [0.29, 0.717) is 0 Å². The van der Waals surface area contributed by atoms with Gasteiger partial charge in [0.2, 0.25) is 0 Å². The van der Waals surface area contributed by atoms with Gasteiger partial charge in [0.05, 0.1) is 7.11 Å². The number of hydrogen-bond donors (Lipinski definition) is 1. The third-order valence-corrected chi connectivity index (χ3v) is 4.43. The Hall–Kier alpha value is -3.08. The Morgan fingerprint density at radius 1 is 0.963 bits per heavy atom. The number of benzene rings is 2. The lowest BCUT2D eigenvalue weighted by Crippen LogP contribution is -2.23. The Kier molecular flexibility index (Phi) is 6.63. The van der Waals surface area contributed by atoms with Crippen molar-refractivity contribution in [3.05, 3.63) is 78.1 Å². The standard InChI is InChI=1S/C22H26N4O/c1-3-26(16-19-8-5-4-6-9-19)22-15-21(24-17-25-22)23-13-12-18-10-7-11-20(14-18)27-2/h4-11,14-15,17H,3,12-13,16H2,1-2H3,(H,23,24,25). The number of aromatic nitrogens is 2. The van der Waals surface area contributed by atoms with Gasteiger partial charge in [-0.1, -0.05) is 42.5 Å². The van der Waals surface area contributed by atoms with Gasteiger partial charge in [-0.15, -0.1) is 0 Å². The molecule has 0 amide bonds. The predicted octanol–water partition coefficient (Wildman–Crippen LogP) is 4.17. The first kappa shape index (κ1) is 18.7. The van der Waals surface area contributed by atoms with E-state index in [1.807, 2.05) is 24.3 Å². The lowest BCUT2D eigenvalue weighted by atomic mass is 10.1. The Morgan fingerprint density at radius 2 is 1.78 bits per heavy atom. The minimum absolute atomic E-state index is 0.800. The first-order valence-electron chi connectivity index (χ1n) is 9.26. The van der Waals surface area contributed by atoms with Crippen molar-refractivity contribution in [2.24, 2.45) is 0 Å². The van der Waals surface area contributed by atoms with Gasteiger partial charge in [-0.2, -0.15) is 0 Å². The molecular weight excluding hydrogens is 336 g/mol. The number of rotatable bonds is 9. The van der Waals surface area contributed by atoms with Crippen molar-refractivity contribution >= 4 is 11.6 Å². The lowest BCUT2D eigenvalue weighted by molar-refractivity contribution is 0.414. The summed E-state index contributed by atoms with van der Waals surface area (Å²) in [5.74, 6) is 2.66. The summed E-state index contributed by atoms with van der Waals surface area (Å²) >= 11 is 0. The van der Waals surface area contributed by atoms with E-state index in [1.54, 1.807) is 13.4 Å². The van der Waals surface area contributed by atoms with Gasteiger partial charge >= 0.3 is 0 Å². The highest BCUT2D eigenvalue weighted by Crippen LogP contribution is 2.17. The molecule has 0 saturated carbocycles. The molecule has 27 heavy (non-hydrogen) atoms. The highest BCUT2D eigenvalue weighted by atomic mass is 16.5. The summed E-state index contributed by atoms with van der Waals surface area (Å²) in [6, 6.07) is 20.6. The van der Waals surface area contributed by atoms with Crippen LogP contribution in [-0.2, 0) is 13.0 Å². The Morgan fingerprint density at radius 3 is 2.56 bits per heavy atom. The molecule has 0 aliphatic rings. The Balaban J connectivity index is 1.60. The summed E-state index contributed by atoms with van der Waals surface area (Å²) in [5, 5.41) is 3.40. The maximum atomic E-state index is 5.28. The molecular formula is C22H26N4O. The molecule has 0 fully saturated rings. The monoisotopic (exact) mass is 362 g/mol. The molecule has 2 aromatic carbocycles. The van der Waals surface area contributed by atoms with Crippen molar-refractivity contribution in [2.45, 2.75) is 19.9 Å². The van der Waals surface area contributed by atoms with Gasteiger partial charge in [0.25, 0.3) is 0 Å². The minimum atomic E-state index is 0.800. The number of nitrogens with zero attached hydrogens (tertiary/aromatic N) is 3. The lowest BCUT2D eigenvalue weighted by Gasteiger charge is -2.22. The maximum absolute atomic E-state index is 5.28. The Bertz CT molecular complexity index is 838. The van der Waals surface area contributed by atoms with Crippen molar-refractivity contribution in [1.29, 1.82) is 0 Å². The zero-order valence-corrected chi connectivity index (χ0v) is 15.9. The Labute approximate surface area is 161 Å². The topological polar surface area (TPSA) is 50.3 Å². The fourth-order valence-corrected chi connectivity index (χ4v) is 2.94. The first-order valence-corrected chi connectivity index (χ1v) is 9.26. The van der Waals surface area contributed by atoms with Crippen molar-refractivity contribution < 1.29 is 4.74 Å². The molecule has 1 aromatic heterocycles. The SMILES string of the molecule is CCN(Cc1ccccc1)c1cc(NCCc2cccc(OC)c2)ncn1.